The molecule has 17 heavy (non-hydrogen) atoms. The first-order valence-corrected chi connectivity index (χ1v) is 5.62. The molecule has 90 valence electrons. The van der Waals surface area contributed by atoms with Gasteiger partial charge in [-0.05, 0) is 12.5 Å². The Kier molecular flexibility index (Phi) is 3.49. The lowest BCUT2D eigenvalue weighted by atomic mass is 10.0. The van der Waals surface area contributed by atoms with Gasteiger partial charge in [-0.15, -0.1) is 5.10 Å². The zero-order chi connectivity index (χ0) is 12.3. The standard InChI is InChI=1S/C12H15FN4/c1-2-7-17-11(8-15-16-17)12(14)9-5-3-4-6-10(9)13/h3-6,8,12H,2,7,14H2,1H3. The number of rotatable bonds is 4. The maximum Gasteiger partial charge on any atom is 0.128 e. The highest BCUT2D eigenvalue weighted by molar-refractivity contribution is 5.27. The minimum atomic E-state index is -0.530. The van der Waals surface area contributed by atoms with Gasteiger partial charge >= 0.3 is 0 Å². The molecule has 2 N–H and O–H groups in total. The van der Waals surface area contributed by atoms with Gasteiger partial charge in [0.25, 0.3) is 0 Å². The van der Waals surface area contributed by atoms with E-state index in [-0.39, 0.29) is 5.82 Å². The Balaban J connectivity index is 2.34. The molecule has 4 nitrogen and oxygen atoms in total. The third-order valence-electron chi connectivity index (χ3n) is 2.64. The van der Waals surface area contributed by atoms with Gasteiger partial charge in [0.2, 0.25) is 0 Å². The molecule has 1 aromatic carbocycles. The monoisotopic (exact) mass is 234 g/mol. The Morgan fingerprint density at radius 1 is 1.41 bits per heavy atom. The summed E-state index contributed by atoms with van der Waals surface area (Å²) in [6.45, 7) is 2.78. The lowest BCUT2D eigenvalue weighted by Gasteiger charge is -2.13. The third kappa shape index (κ3) is 2.34. The highest BCUT2D eigenvalue weighted by atomic mass is 19.1. The number of benzene rings is 1. The zero-order valence-electron chi connectivity index (χ0n) is 9.68. The first-order chi connectivity index (χ1) is 8.24. The molecule has 0 fully saturated rings. The quantitative estimate of drug-likeness (QED) is 0.878. The number of nitrogens with two attached hydrogens (primary N) is 1. The Labute approximate surface area is 99.2 Å². The van der Waals surface area contributed by atoms with E-state index < -0.39 is 6.04 Å². The van der Waals surface area contributed by atoms with E-state index in [4.69, 9.17) is 5.73 Å². The lowest BCUT2D eigenvalue weighted by Crippen LogP contribution is -2.18. The highest BCUT2D eigenvalue weighted by Crippen LogP contribution is 2.21. The van der Waals surface area contributed by atoms with Gasteiger partial charge in [0.05, 0.1) is 17.9 Å². The fraction of sp³-hybridized carbons (Fsp3) is 0.333. The molecule has 0 radical (unpaired) electrons. The van der Waals surface area contributed by atoms with Gasteiger partial charge in [-0.3, -0.25) is 0 Å². The lowest BCUT2D eigenvalue weighted by molar-refractivity contribution is 0.533. The van der Waals surface area contributed by atoms with E-state index in [1.165, 1.54) is 6.07 Å². The second-order valence-corrected chi connectivity index (χ2v) is 3.88. The fourth-order valence-corrected chi connectivity index (χ4v) is 1.78. The number of aryl methyl sites for hydroxylation is 1. The molecule has 5 heteroatoms. The van der Waals surface area contributed by atoms with Crippen LogP contribution < -0.4 is 5.73 Å². The van der Waals surface area contributed by atoms with Crippen LogP contribution in [0.1, 0.15) is 30.6 Å². The van der Waals surface area contributed by atoms with Crippen LogP contribution in [-0.4, -0.2) is 15.0 Å². The minimum Gasteiger partial charge on any atom is -0.319 e. The van der Waals surface area contributed by atoms with Crippen molar-refractivity contribution >= 4 is 0 Å². The maximum atomic E-state index is 13.6. The van der Waals surface area contributed by atoms with Crippen molar-refractivity contribution in [3.63, 3.8) is 0 Å². The normalized spacial score (nSPS) is 12.6. The smallest absolute Gasteiger partial charge is 0.128 e. The van der Waals surface area contributed by atoms with Crippen molar-refractivity contribution in [2.45, 2.75) is 25.9 Å². The summed E-state index contributed by atoms with van der Waals surface area (Å²) in [4.78, 5) is 0. The summed E-state index contributed by atoms with van der Waals surface area (Å²) in [5, 5.41) is 7.77. The van der Waals surface area contributed by atoms with Crippen LogP contribution in [0.2, 0.25) is 0 Å². The van der Waals surface area contributed by atoms with Crippen LogP contribution in [0.4, 0.5) is 4.39 Å². The zero-order valence-corrected chi connectivity index (χ0v) is 9.68. The van der Waals surface area contributed by atoms with Crippen LogP contribution in [0.3, 0.4) is 0 Å². The first kappa shape index (κ1) is 11.7. The number of hydrogen-bond donors (Lipinski definition) is 1. The van der Waals surface area contributed by atoms with E-state index in [2.05, 4.69) is 10.3 Å². The summed E-state index contributed by atoms with van der Waals surface area (Å²) in [6.07, 6.45) is 2.52. The predicted molar refractivity (Wildman–Crippen MR) is 62.7 cm³/mol. The second kappa shape index (κ2) is 5.05. The Bertz CT molecular complexity index is 495. The third-order valence-corrected chi connectivity index (χ3v) is 2.64. The van der Waals surface area contributed by atoms with Gasteiger partial charge in [0.1, 0.15) is 5.82 Å². The summed E-state index contributed by atoms with van der Waals surface area (Å²) < 4.78 is 15.3. The van der Waals surface area contributed by atoms with E-state index in [9.17, 15) is 4.39 Å². The van der Waals surface area contributed by atoms with Crippen LogP contribution >= 0.6 is 0 Å². The molecule has 0 bridgehead atoms. The SMILES string of the molecule is CCCn1nncc1C(N)c1ccccc1F. The van der Waals surface area contributed by atoms with Crippen molar-refractivity contribution in [2.75, 3.05) is 0 Å². The maximum absolute atomic E-state index is 13.6. The molecule has 0 saturated carbocycles. The number of halogens is 1. The van der Waals surface area contributed by atoms with E-state index >= 15 is 0 Å². The van der Waals surface area contributed by atoms with Crippen molar-refractivity contribution in [3.8, 4) is 0 Å². The van der Waals surface area contributed by atoms with E-state index in [1.54, 1.807) is 29.1 Å². The molecular weight excluding hydrogens is 219 g/mol. The summed E-state index contributed by atoms with van der Waals surface area (Å²) in [5.41, 5.74) is 7.25. The first-order valence-electron chi connectivity index (χ1n) is 5.62. The van der Waals surface area contributed by atoms with E-state index in [1.807, 2.05) is 6.92 Å². The van der Waals surface area contributed by atoms with Crippen molar-refractivity contribution in [3.05, 3.63) is 47.5 Å². The van der Waals surface area contributed by atoms with Crippen LogP contribution in [0.15, 0.2) is 30.5 Å². The molecular formula is C12H15FN4. The van der Waals surface area contributed by atoms with Crippen LogP contribution in [0.5, 0.6) is 0 Å². The summed E-state index contributed by atoms with van der Waals surface area (Å²) in [6, 6.07) is 5.98. The Hall–Kier alpha value is -1.75. The molecule has 1 atom stereocenters. The van der Waals surface area contributed by atoms with Gasteiger partial charge < -0.3 is 5.73 Å². The average molecular weight is 234 g/mol. The number of aromatic nitrogens is 3. The second-order valence-electron chi connectivity index (χ2n) is 3.88. The van der Waals surface area contributed by atoms with Gasteiger partial charge in [0, 0.05) is 12.1 Å². The topological polar surface area (TPSA) is 56.7 Å². The van der Waals surface area contributed by atoms with Crippen molar-refractivity contribution in [2.24, 2.45) is 5.73 Å². The highest BCUT2D eigenvalue weighted by Gasteiger charge is 2.17. The number of hydrogen-bond acceptors (Lipinski definition) is 3. The molecule has 0 aliphatic heterocycles. The van der Waals surface area contributed by atoms with Gasteiger partial charge in [0.15, 0.2) is 0 Å². The molecule has 2 rings (SSSR count). The molecule has 2 aromatic rings. The molecule has 1 aromatic heterocycles. The molecule has 0 aliphatic carbocycles. The fourth-order valence-electron chi connectivity index (χ4n) is 1.78. The van der Waals surface area contributed by atoms with Gasteiger partial charge in [-0.25, -0.2) is 9.07 Å². The van der Waals surface area contributed by atoms with E-state index in [0.29, 0.717) is 5.56 Å². The average Bonchev–Trinajstić information content (AvgIpc) is 2.78. The molecule has 1 unspecified atom stereocenters. The summed E-state index contributed by atoms with van der Waals surface area (Å²) in [7, 11) is 0. The van der Waals surface area contributed by atoms with Crippen molar-refractivity contribution in [1.29, 1.82) is 0 Å². The summed E-state index contributed by atoms with van der Waals surface area (Å²) >= 11 is 0. The van der Waals surface area contributed by atoms with Crippen LogP contribution in [0, 0.1) is 5.82 Å². The Morgan fingerprint density at radius 2 is 2.18 bits per heavy atom. The van der Waals surface area contributed by atoms with Crippen LogP contribution in [-0.2, 0) is 6.54 Å². The van der Waals surface area contributed by atoms with E-state index in [0.717, 1.165) is 18.7 Å². The van der Waals surface area contributed by atoms with Gasteiger partial charge in [-0.2, -0.15) is 0 Å². The largest absolute Gasteiger partial charge is 0.319 e. The van der Waals surface area contributed by atoms with Crippen LogP contribution in [0.25, 0.3) is 0 Å². The van der Waals surface area contributed by atoms with Gasteiger partial charge in [-0.1, -0.05) is 30.3 Å². The summed E-state index contributed by atoms with van der Waals surface area (Å²) in [5.74, 6) is -0.302. The predicted octanol–water partition coefficient (Wildman–Crippen LogP) is 1.88. The number of nitrogens with zero attached hydrogens (tertiary/aromatic N) is 3. The molecule has 0 spiro atoms. The molecule has 0 aliphatic rings. The van der Waals surface area contributed by atoms with Crippen molar-refractivity contribution in [1.82, 2.24) is 15.0 Å². The minimum absolute atomic E-state index is 0.302. The molecule has 0 amide bonds. The van der Waals surface area contributed by atoms with Crippen molar-refractivity contribution < 1.29 is 4.39 Å². The molecule has 1 heterocycles. The Morgan fingerprint density at radius 3 is 2.88 bits per heavy atom. The molecule has 0 saturated heterocycles.